The summed E-state index contributed by atoms with van der Waals surface area (Å²) in [6.07, 6.45) is 0.136. The Labute approximate surface area is 136 Å². The number of ether oxygens (including phenoxy) is 1. The van der Waals surface area contributed by atoms with Crippen molar-refractivity contribution < 1.29 is 14.3 Å². The lowest BCUT2D eigenvalue weighted by atomic mass is 10.2. The highest BCUT2D eigenvalue weighted by atomic mass is 79.9. The first-order valence-electron chi connectivity index (χ1n) is 6.84. The van der Waals surface area contributed by atoms with E-state index in [1.807, 2.05) is 18.2 Å². The van der Waals surface area contributed by atoms with Crippen LogP contribution in [0.1, 0.15) is 13.3 Å². The van der Waals surface area contributed by atoms with E-state index in [1.165, 1.54) is 0 Å². The SMILES string of the molecule is CCOC(=O)CCNC(=O)Nc1nn(C)c2cc(Br)ccc12. The zero-order valence-corrected chi connectivity index (χ0v) is 13.9. The van der Waals surface area contributed by atoms with Gasteiger partial charge in [-0.1, -0.05) is 15.9 Å². The van der Waals surface area contributed by atoms with Crippen molar-refractivity contribution in [2.75, 3.05) is 18.5 Å². The van der Waals surface area contributed by atoms with Gasteiger partial charge in [0.15, 0.2) is 5.82 Å². The average molecular weight is 369 g/mol. The molecule has 2 aromatic rings. The second-order valence-electron chi connectivity index (χ2n) is 4.57. The monoisotopic (exact) mass is 368 g/mol. The average Bonchev–Trinajstić information content (AvgIpc) is 2.75. The maximum absolute atomic E-state index is 11.8. The first kappa shape index (κ1) is 16.3. The minimum absolute atomic E-state index is 0.136. The van der Waals surface area contributed by atoms with Crippen LogP contribution in [0.5, 0.6) is 0 Å². The molecule has 0 saturated heterocycles. The summed E-state index contributed by atoms with van der Waals surface area (Å²) in [6.45, 7) is 2.28. The topological polar surface area (TPSA) is 85.2 Å². The number of anilines is 1. The molecular weight excluding hydrogens is 352 g/mol. The summed E-state index contributed by atoms with van der Waals surface area (Å²) in [5.41, 5.74) is 0.899. The van der Waals surface area contributed by atoms with Gasteiger partial charge >= 0.3 is 12.0 Å². The molecule has 2 rings (SSSR count). The highest BCUT2D eigenvalue weighted by molar-refractivity contribution is 9.10. The summed E-state index contributed by atoms with van der Waals surface area (Å²) in [6, 6.07) is 5.27. The van der Waals surface area contributed by atoms with Crippen LogP contribution in [0, 0.1) is 0 Å². The molecule has 1 heterocycles. The fraction of sp³-hybridized carbons (Fsp3) is 0.357. The maximum atomic E-state index is 11.8. The van der Waals surface area contributed by atoms with Gasteiger partial charge in [-0.2, -0.15) is 5.10 Å². The van der Waals surface area contributed by atoms with Crippen molar-refractivity contribution in [1.29, 1.82) is 0 Å². The number of amides is 2. The number of hydrogen-bond donors (Lipinski definition) is 2. The molecule has 0 fully saturated rings. The second-order valence-corrected chi connectivity index (χ2v) is 5.49. The number of nitrogens with one attached hydrogen (secondary N) is 2. The third-order valence-corrected chi connectivity index (χ3v) is 3.46. The molecule has 0 radical (unpaired) electrons. The summed E-state index contributed by atoms with van der Waals surface area (Å²) in [5, 5.41) is 10.4. The molecule has 2 N–H and O–H groups in total. The Morgan fingerprint density at radius 3 is 2.91 bits per heavy atom. The van der Waals surface area contributed by atoms with Crippen LogP contribution in [0.15, 0.2) is 22.7 Å². The van der Waals surface area contributed by atoms with Crippen molar-refractivity contribution >= 4 is 44.7 Å². The molecule has 2 amide bonds. The number of carbonyl (C=O) groups excluding carboxylic acids is 2. The number of nitrogens with zero attached hydrogens (tertiary/aromatic N) is 2. The van der Waals surface area contributed by atoms with Gasteiger partial charge in [0, 0.05) is 23.5 Å². The van der Waals surface area contributed by atoms with E-state index in [-0.39, 0.29) is 18.9 Å². The molecule has 0 unspecified atom stereocenters. The summed E-state index contributed by atoms with van der Waals surface area (Å²) in [5.74, 6) is 0.134. The lowest BCUT2D eigenvalue weighted by molar-refractivity contribution is -0.142. The molecule has 0 bridgehead atoms. The van der Waals surface area contributed by atoms with E-state index in [0.717, 1.165) is 15.4 Å². The van der Waals surface area contributed by atoms with Gasteiger partial charge in [0.1, 0.15) is 0 Å². The Kier molecular flexibility index (Phi) is 5.37. The van der Waals surface area contributed by atoms with Gasteiger partial charge < -0.3 is 10.1 Å². The summed E-state index contributed by atoms with van der Waals surface area (Å²) >= 11 is 3.40. The van der Waals surface area contributed by atoms with Crippen LogP contribution in [0.3, 0.4) is 0 Å². The van der Waals surface area contributed by atoms with Gasteiger partial charge in [0.25, 0.3) is 0 Å². The molecule has 0 saturated carbocycles. The van der Waals surface area contributed by atoms with Crippen molar-refractivity contribution in [3.63, 3.8) is 0 Å². The molecule has 8 heteroatoms. The van der Waals surface area contributed by atoms with E-state index in [0.29, 0.717) is 12.4 Å². The van der Waals surface area contributed by atoms with Crippen molar-refractivity contribution in [2.24, 2.45) is 7.05 Å². The molecule has 0 aliphatic rings. The number of rotatable bonds is 5. The van der Waals surface area contributed by atoms with Gasteiger partial charge in [-0.05, 0) is 25.1 Å². The molecule has 118 valence electrons. The number of fused-ring (bicyclic) bond motifs is 1. The van der Waals surface area contributed by atoms with Crippen molar-refractivity contribution in [2.45, 2.75) is 13.3 Å². The lowest BCUT2D eigenvalue weighted by Crippen LogP contribution is -2.31. The highest BCUT2D eigenvalue weighted by Gasteiger charge is 2.12. The first-order valence-corrected chi connectivity index (χ1v) is 7.63. The van der Waals surface area contributed by atoms with Crippen LogP contribution in [-0.4, -0.2) is 34.9 Å². The molecule has 1 aromatic heterocycles. The Hall–Kier alpha value is -2.09. The van der Waals surface area contributed by atoms with Crippen molar-refractivity contribution in [1.82, 2.24) is 15.1 Å². The maximum Gasteiger partial charge on any atom is 0.320 e. The van der Waals surface area contributed by atoms with Crippen LogP contribution < -0.4 is 10.6 Å². The molecule has 22 heavy (non-hydrogen) atoms. The summed E-state index contributed by atoms with van der Waals surface area (Å²) < 4.78 is 7.41. The van der Waals surface area contributed by atoms with Crippen LogP contribution >= 0.6 is 15.9 Å². The zero-order valence-electron chi connectivity index (χ0n) is 12.4. The van der Waals surface area contributed by atoms with Crippen LogP contribution in [0.25, 0.3) is 10.9 Å². The Morgan fingerprint density at radius 1 is 1.41 bits per heavy atom. The van der Waals surface area contributed by atoms with Gasteiger partial charge in [-0.3, -0.25) is 14.8 Å². The largest absolute Gasteiger partial charge is 0.466 e. The minimum atomic E-state index is -0.410. The number of halogens is 1. The van der Waals surface area contributed by atoms with Crippen molar-refractivity contribution in [3.8, 4) is 0 Å². The third kappa shape index (κ3) is 3.97. The van der Waals surface area contributed by atoms with Gasteiger partial charge in [-0.25, -0.2) is 4.79 Å². The predicted molar refractivity (Wildman–Crippen MR) is 86.7 cm³/mol. The van der Waals surface area contributed by atoms with Gasteiger partial charge in [0.2, 0.25) is 0 Å². The van der Waals surface area contributed by atoms with Crippen molar-refractivity contribution in [3.05, 3.63) is 22.7 Å². The molecular formula is C14H17BrN4O3. The molecule has 0 aliphatic heterocycles. The molecule has 0 spiro atoms. The quantitative estimate of drug-likeness (QED) is 0.793. The van der Waals surface area contributed by atoms with E-state index in [9.17, 15) is 9.59 Å². The van der Waals surface area contributed by atoms with Crippen LogP contribution in [0.2, 0.25) is 0 Å². The predicted octanol–water partition coefficient (Wildman–Crippen LogP) is 2.41. The molecule has 0 atom stereocenters. The number of carbonyl (C=O) groups is 2. The Bertz CT molecular complexity index is 699. The number of benzene rings is 1. The highest BCUT2D eigenvalue weighted by Crippen LogP contribution is 2.25. The fourth-order valence-corrected chi connectivity index (χ4v) is 2.33. The first-order chi connectivity index (χ1) is 10.5. The fourth-order valence-electron chi connectivity index (χ4n) is 1.99. The zero-order chi connectivity index (χ0) is 16.1. The molecule has 1 aromatic carbocycles. The van der Waals surface area contributed by atoms with E-state index < -0.39 is 6.03 Å². The summed E-state index contributed by atoms with van der Waals surface area (Å²) in [7, 11) is 1.80. The molecule has 0 aliphatic carbocycles. The number of hydrogen-bond acceptors (Lipinski definition) is 4. The van der Waals surface area contributed by atoms with E-state index in [2.05, 4.69) is 31.7 Å². The number of esters is 1. The Balaban J connectivity index is 1.96. The van der Waals surface area contributed by atoms with E-state index in [4.69, 9.17) is 4.74 Å². The van der Waals surface area contributed by atoms with Crippen LogP contribution in [-0.2, 0) is 16.6 Å². The second kappa shape index (κ2) is 7.26. The lowest BCUT2D eigenvalue weighted by Gasteiger charge is -2.05. The van der Waals surface area contributed by atoms with Gasteiger partial charge in [-0.15, -0.1) is 0 Å². The number of urea groups is 1. The minimum Gasteiger partial charge on any atom is -0.466 e. The third-order valence-electron chi connectivity index (χ3n) is 2.97. The normalized spacial score (nSPS) is 10.5. The molecule has 7 nitrogen and oxygen atoms in total. The van der Waals surface area contributed by atoms with E-state index >= 15 is 0 Å². The van der Waals surface area contributed by atoms with Gasteiger partial charge in [0.05, 0.1) is 18.5 Å². The Morgan fingerprint density at radius 2 is 2.18 bits per heavy atom. The standard InChI is InChI=1S/C14H17BrN4O3/c1-3-22-12(20)6-7-16-14(21)17-13-10-5-4-9(15)8-11(10)19(2)18-13/h4-5,8H,3,6-7H2,1-2H3,(H2,16,17,18,21). The smallest absolute Gasteiger partial charge is 0.320 e. The van der Waals surface area contributed by atoms with E-state index in [1.54, 1.807) is 18.7 Å². The number of aryl methyl sites for hydroxylation is 1. The van der Waals surface area contributed by atoms with Crippen LogP contribution in [0.4, 0.5) is 10.6 Å². The summed E-state index contributed by atoms with van der Waals surface area (Å²) in [4.78, 5) is 23.0. The number of aromatic nitrogens is 2.